The Balaban J connectivity index is 4.49. The van der Waals surface area contributed by atoms with Gasteiger partial charge in [0, 0.05) is 0 Å². The van der Waals surface area contributed by atoms with Gasteiger partial charge in [-0.15, -0.1) is 0 Å². The van der Waals surface area contributed by atoms with Crippen molar-refractivity contribution in [3.8, 4) is 0 Å². The number of rotatable bonds is 2. The number of alkyl halides is 2. The summed E-state index contributed by atoms with van der Waals surface area (Å²) in [6.07, 6.45) is -3.17. The summed E-state index contributed by atoms with van der Waals surface area (Å²) in [4.78, 5) is 0. The van der Waals surface area contributed by atoms with Gasteiger partial charge in [-0.3, -0.25) is 0 Å². The lowest BCUT2D eigenvalue weighted by molar-refractivity contribution is 0.0990. The molecule has 0 amide bonds. The minimum atomic E-state index is -4.60. The van der Waals surface area contributed by atoms with Gasteiger partial charge in [-0.05, 0) is 0 Å². The van der Waals surface area contributed by atoms with E-state index in [2.05, 4.69) is 0 Å². The molecular weight excluding hydrogens is 181 g/mol. The Hall–Kier alpha value is -0.250. The highest BCUT2D eigenvalue weighted by molar-refractivity contribution is 7.33. The fourth-order valence-corrected chi connectivity index (χ4v) is 0.379. The maximum Gasteiger partial charge on any atom is 0.438 e. The molecule has 0 nitrogen and oxygen atoms in total. The summed E-state index contributed by atoms with van der Waals surface area (Å²) >= 11 is 0. The van der Waals surface area contributed by atoms with Crippen LogP contribution in [0.5, 0.6) is 0 Å². The summed E-state index contributed by atoms with van der Waals surface area (Å²) in [6.45, 7) is 0. The highest BCUT2D eigenvalue weighted by atomic mass is 31.1. The van der Waals surface area contributed by atoms with Crippen LogP contribution in [0.25, 0.3) is 0 Å². The van der Waals surface area contributed by atoms with Crippen LogP contribution in [0.3, 0.4) is 0 Å². The van der Waals surface area contributed by atoms with Crippen LogP contribution in [0.4, 0.5) is 26.1 Å². The Kier molecular flexibility index (Phi) is 3.15. The first-order chi connectivity index (χ1) is 4.41. The van der Waals surface area contributed by atoms with Crippen molar-refractivity contribution in [1.82, 2.24) is 0 Å². The fourth-order valence-electron chi connectivity index (χ4n) is 0.174. The van der Waals surface area contributed by atoms with E-state index in [1.54, 1.807) is 0 Å². The summed E-state index contributed by atoms with van der Waals surface area (Å²) in [5, 5.41) is 0. The molecule has 0 aliphatic rings. The number of hydrogen-bond acceptors (Lipinski definition) is 0. The molecule has 1 unspecified atom stereocenters. The fraction of sp³-hybridized carbons (Fsp3) is 0.333. The average Bonchev–Trinajstić information content (AvgIpc) is 1.86. The third-order valence-corrected chi connectivity index (χ3v) is 1.12. The topological polar surface area (TPSA) is 0 Å². The van der Waals surface area contributed by atoms with Crippen LogP contribution in [0.1, 0.15) is 0 Å². The van der Waals surface area contributed by atoms with Crippen LogP contribution in [0, 0.1) is 0 Å². The molecule has 0 heterocycles. The van der Waals surface area contributed by atoms with Crippen LogP contribution in [-0.2, 0) is 0 Å². The van der Waals surface area contributed by atoms with Crippen LogP contribution in [0.2, 0.25) is 0 Å². The molecule has 0 saturated carbocycles. The van der Waals surface area contributed by atoms with E-state index in [0.717, 1.165) is 0 Å². The van der Waals surface area contributed by atoms with Crippen molar-refractivity contribution in [2.75, 3.05) is 0 Å². The van der Waals surface area contributed by atoms with Gasteiger partial charge in [0.15, 0.2) is 0 Å². The Morgan fingerprint density at radius 3 is 1.60 bits per heavy atom. The lowest BCUT2D eigenvalue weighted by Crippen LogP contribution is -2.07. The summed E-state index contributed by atoms with van der Waals surface area (Å²) < 4.78 is 67.6. The van der Waals surface area contributed by atoms with Crippen LogP contribution < -0.4 is 0 Å². The van der Waals surface area contributed by atoms with Gasteiger partial charge in [-0.1, -0.05) is 4.20 Å². The lowest BCUT2D eigenvalue weighted by atomic mass is 10.6. The number of allylic oxidation sites excluding steroid dienone is 1. The first-order valence-electron chi connectivity index (χ1n) is 1.95. The highest BCUT2D eigenvalue weighted by Crippen LogP contribution is 2.44. The van der Waals surface area contributed by atoms with E-state index < -0.39 is 26.5 Å². The Labute approximate surface area is 53.8 Å². The minimum Gasteiger partial charge on any atom is -0.194 e. The van der Waals surface area contributed by atoms with Crippen LogP contribution >= 0.6 is 8.89 Å². The Morgan fingerprint density at radius 2 is 1.50 bits per heavy atom. The van der Waals surface area contributed by atoms with Gasteiger partial charge in [0.1, 0.15) is 0 Å². The second-order valence-corrected chi connectivity index (χ2v) is 2.25. The standard InChI is InChI=1S/C3HF6P/c4-1(2(5)6)3(7,8)10-9/h10H/p+1. The van der Waals surface area contributed by atoms with Crippen molar-refractivity contribution in [3.05, 3.63) is 11.9 Å². The zero-order valence-electron chi connectivity index (χ0n) is 4.35. The van der Waals surface area contributed by atoms with Crippen molar-refractivity contribution in [3.63, 3.8) is 0 Å². The van der Waals surface area contributed by atoms with E-state index in [1.807, 2.05) is 0 Å². The first kappa shape index (κ1) is 9.75. The largest absolute Gasteiger partial charge is 0.438 e. The van der Waals surface area contributed by atoms with Crippen LogP contribution in [-0.4, -0.2) is 5.66 Å². The van der Waals surface area contributed by atoms with E-state index in [4.69, 9.17) is 0 Å². The molecule has 0 aliphatic carbocycles. The van der Waals surface area contributed by atoms with Crippen molar-refractivity contribution in [2.24, 2.45) is 0 Å². The second-order valence-electron chi connectivity index (χ2n) is 1.31. The molecule has 0 fully saturated rings. The van der Waals surface area contributed by atoms with E-state index >= 15 is 0 Å². The Morgan fingerprint density at radius 1 is 1.10 bits per heavy atom. The molecular formula is C3H2F6P+. The minimum absolute atomic E-state index is 2.97. The normalized spacial score (nSPS) is 12.6. The highest BCUT2D eigenvalue weighted by Gasteiger charge is 2.46. The molecule has 0 aromatic rings. The van der Waals surface area contributed by atoms with E-state index in [0.29, 0.717) is 0 Å². The van der Waals surface area contributed by atoms with Gasteiger partial charge in [0.25, 0.3) is 14.7 Å². The average molecular weight is 183 g/mol. The predicted molar refractivity (Wildman–Crippen MR) is 26.1 cm³/mol. The number of halogens is 6. The quantitative estimate of drug-likeness (QED) is 0.456. The van der Waals surface area contributed by atoms with Crippen LogP contribution in [0.15, 0.2) is 11.9 Å². The zero-order chi connectivity index (χ0) is 8.36. The summed E-state index contributed by atoms with van der Waals surface area (Å²) in [5.74, 6) is -2.97. The van der Waals surface area contributed by atoms with Gasteiger partial charge in [0.05, 0.1) is 0 Å². The molecule has 0 spiro atoms. The van der Waals surface area contributed by atoms with Crippen molar-refractivity contribution < 1.29 is 26.1 Å². The summed E-state index contributed by atoms with van der Waals surface area (Å²) in [5.41, 5.74) is -4.60. The maximum absolute atomic E-state index is 11.5. The van der Waals surface area contributed by atoms with Crippen molar-refractivity contribution in [2.45, 2.75) is 5.66 Å². The number of hydrogen-bond donors (Lipinski definition) is 0. The summed E-state index contributed by atoms with van der Waals surface area (Å²) in [7, 11) is -3.14. The van der Waals surface area contributed by atoms with E-state index in [-0.39, 0.29) is 0 Å². The van der Waals surface area contributed by atoms with E-state index in [9.17, 15) is 26.1 Å². The predicted octanol–water partition coefficient (Wildman–Crippen LogP) is 2.95. The molecule has 7 heteroatoms. The van der Waals surface area contributed by atoms with E-state index in [1.165, 1.54) is 0 Å². The zero-order valence-corrected chi connectivity index (χ0v) is 5.50. The molecule has 10 heavy (non-hydrogen) atoms. The molecule has 0 aliphatic heterocycles. The SMILES string of the molecule is F[PH2+]C(F)(F)C(F)=C(F)F. The monoisotopic (exact) mass is 183 g/mol. The molecule has 0 rings (SSSR count). The van der Waals surface area contributed by atoms with Gasteiger partial charge in [0.2, 0.25) is 0 Å². The van der Waals surface area contributed by atoms with Gasteiger partial charge >= 0.3 is 11.7 Å². The molecule has 0 saturated heterocycles. The lowest BCUT2D eigenvalue weighted by Gasteiger charge is -1.99. The van der Waals surface area contributed by atoms with Gasteiger partial charge < -0.3 is 0 Å². The molecule has 0 N–H and O–H groups in total. The van der Waals surface area contributed by atoms with Crippen molar-refractivity contribution >= 4 is 8.89 Å². The molecule has 0 aromatic carbocycles. The molecule has 0 bridgehead atoms. The first-order valence-corrected chi connectivity index (χ1v) is 2.97. The third-order valence-electron chi connectivity index (χ3n) is 0.596. The van der Waals surface area contributed by atoms with Crippen molar-refractivity contribution in [1.29, 1.82) is 0 Å². The molecule has 60 valence electrons. The molecule has 0 radical (unpaired) electrons. The third kappa shape index (κ3) is 2.17. The second kappa shape index (κ2) is 3.23. The molecule has 1 atom stereocenters. The Bertz CT molecular complexity index is 147. The summed E-state index contributed by atoms with van der Waals surface area (Å²) in [6, 6.07) is 0. The maximum atomic E-state index is 11.5. The van der Waals surface area contributed by atoms with Gasteiger partial charge in [-0.2, -0.15) is 22.0 Å². The van der Waals surface area contributed by atoms with Gasteiger partial charge in [-0.25, -0.2) is 0 Å². The smallest absolute Gasteiger partial charge is 0.194 e. The molecule has 0 aromatic heterocycles.